The summed E-state index contributed by atoms with van der Waals surface area (Å²) in [6.07, 6.45) is 5.22. The van der Waals surface area contributed by atoms with Crippen molar-refractivity contribution in [1.82, 2.24) is 9.97 Å². The standard InChI is InChI=1S/C16H19N3O/c1-11-10-18-16(17-2)19-15(11)20-14-9-5-7-12-6-3-4-8-13(12)14/h3-4,6,8,10,14H,5,7,9H2,1-2H3,(H,17,18,19). The van der Waals surface area contributed by atoms with Gasteiger partial charge >= 0.3 is 0 Å². The maximum atomic E-state index is 6.16. The number of hydrogen-bond acceptors (Lipinski definition) is 4. The van der Waals surface area contributed by atoms with Crippen molar-refractivity contribution >= 4 is 5.95 Å². The number of hydrogen-bond donors (Lipinski definition) is 1. The van der Waals surface area contributed by atoms with Crippen LogP contribution in [0.15, 0.2) is 30.5 Å². The zero-order chi connectivity index (χ0) is 13.9. The summed E-state index contributed by atoms with van der Waals surface area (Å²) in [4.78, 5) is 8.61. The molecule has 0 bridgehead atoms. The van der Waals surface area contributed by atoms with Crippen LogP contribution in [0.3, 0.4) is 0 Å². The first-order valence-corrected chi connectivity index (χ1v) is 7.04. The number of aryl methyl sites for hydroxylation is 2. The van der Waals surface area contributed by atoms with Gasteiger partial charge in [-0.2, -0.15) is 4.98 Å². The second-order valence-electron chi connectivity index (χ2n) is 5.13. The molecule has 20 heavy (non-hydrogen) atoms. The second kappa shape index (κ2) is 5.49. The summed E-state index contributed by atoms with van der Waals surface area (Å²) >= 11 is 0. The van der Waals surface area contributed by atoms with E-state index in [-0.39, 0.29) is 6.10 Å². The van der Waals surface area contributed by atoms with E-state index >= 15 is 0 Å². The molecule has 1 aromatic carbocycles. The highest BCUT2D eigenvalue weighted by Gasteiger charge is 2.22. The van der Waals surface area contributed by atoms with E-state index in [0.717, 1.165) is 24.8 Å². The lowest BCUT2D eigenvalue weighted by Crippen LogP contribution is -2.16. The van der Waals surface area contributed by atoms with Crippen LogP contribution in [-0.4, -0.2) is 17.0 Å². The quantitative estimate of drug-likeness (QED) is 0.929. The van der Waals surface area contributed by atoms with Gasteiger partial charge in [0.25, 0.3) is 0 Å². The Hall–Kier alpha value is -2.10. The van der Waals surface area contributed by atoms with Gasteiger partial charge in [-0.3, -0.25) is 0 Å². The molecule has 104 valence electrons. The van der Waals surface area contributed by atoms with E-state index in [9.17, 15) is 0 Å². The summed E-state index contributed by atoms with van der Waals surface area (Å²) in [6, 6.07) is 8.52. The van der Waals surface area contributed by atoms with Gasteiger partial charge in [0.15, 0.2) is 0 Å². The first-order valence-electron chi connectivity index (χ1n) is 7.04. The maximum absolute atomic E-state index is 6.16. The summed E-state index contributed by atoms with van der Waals surface area (Å²) in [5.74, 6) is 1.26. The highest BCUT2D eigenvalue weighted by molar-refractivity contribution is 5.35. The third-order valence-corrected chi connectivity index (χ3v) is 3.72. The smallest absolute Gasteiger partial charge is 0.225 e. The van der Waals surface area contributed by atoms with Gasteiger partial charge in [0.05, 0.1) is 0 Å². The minimum Gasteiger partial charge on any atom is -0.469 e. The third-order valence-electron chi connectivity index (χ3n) is 3.72. The molecule has 0 spiro atoms. The fourth-order valence-electron chi connectivity index (χ4n) is 2.63. The van der Waals surface area contributed by atoms with Crippen molar-refractivity contribution in [1.29, 1.82) is 0 Å². The third kappa shape index (κ3) is 2.46. The number of nitrogens with zero attached hydrogens (tertiary/aromatic N) is 2. The van der Waals surface area contributed by atoms with E-state index in [4.69, 9.17) is 4.74 Å². The van der Waals surface area contributed by atoms with E-state index in [1.54, 1.807) is 6.20 Å². The number of aromatic nitrogens is 2. The Bertz CT molecular complexity index is 612. The van der Waals surface area contributed by atoms with Crippen molar-refractivity contribution in [3.8, 4) is 5.88 Å². The number of benzene rings is 1. The molecule has 0 amide bonds. The van der Waals surface area contributed by atoms with Gasteiger partial charge in [-0.1, -0.05) is 24.3 Å². The monoisotopic (exact) mass is 269 g/mol. The van der Waals surface area contributed by atoms with Crippen LogP contribution in [0.1, 0.15) is 35.6 Å². The molecule has 1 atom stereocenters. The average Bonchev–Trinajstić information content (AvgIpc) is 2.50. The molecule has 2 aromatic rings. The van der Waals surface area contributed by atoms with Crippen molar-refractivity contribution < 1.29 is 4.74 Å². The zero-order valence-corrected chi connectivity index (χ0v) is 11.9. The summed E-state index contributed by atoms with van der Waals surface area (Å²) < 4.78 is 6.16. The Kier molecular flexibility index (Phi) is 3.54. The van der Waals surface area contributed by atoms with Crippen molar-refractivity contribution in [3.63, 3.8) is 0 Å². The number of fused-ring (bicyclic) bond motifs is 1. The number of ether oxygens (including phenoxy) is 1. The Morgan fingerprint density at radius 1 is 1.30 bits per heavy atom. The lowest BCUT2D eigenvalue weighted by atomic mass is 9.89. The highest BCUT2D eigenvalue weighted by atomic mass is 16.5. The van der Waals surface area contributed by atoms with Gasteiger partial charge < -0.3 is 10.1 Å². The Balaban J connectivity index is 1.89. The molecule has 0 fully saturated rings. The lowest BCUT2D eigenvalue weighted by molar-refractivity contribution is 0.174. The second-order valence-corrected chi connectivity index (χ2v) is 5.13. The fourth-order valence-corrected chi connectivity index (χ4v) is 2.63. The van der Waals surface area contributed by atoms with Crippen LogP contribution >= 0.6 is 0 Å². The van der Waals surface area contributed by atoms with Gasteiger partial charge in [0.2, 0.25) is 11.8 Å². The minimum atomic E-state index is 0.0956. The fraction of sp³-hybridized carbons (Fsp3) is 0.375. The summed E-state index contributed by atoms with van der Waals surface area (Å²) in [7, 11) is 1.81. The molecule has 1 aliphatic carbocycles. The van der Waals surface area contributed by atoms with Crippen molar-refractivity contribution in [2.75, 3.05) is 12.4 Å². The molecule has 1 aliphatic rings. The largest absolute Gasteiger partial charge is 0.469 e. The molecule has 0 saturated heterocycles. The number of nitrogens with one attached hydrogen (secondary N) is 1. The first-order chi connectivity index (χ1) is 9.78. The van der Waals surface area contributed by atoms with Crippen LogP contribution in [0.5, 0.6) is 5.88 Å². The van der Waals surface area contributed by atoms with E-state index in [2.05, 4.69) is 39.6 Å². The van der Waals surface area contributed by atoms with Crippen LogP contribution < -0.4 is 10.1 Å². The summed E-state index contributed by atoms with van der Waals surface area (Å²) in [5, 5.41) is 2.95. The van der Waals surface area contributed by atoms with Crippen molar-refractivity contribution in [2.24, 2.45) is 0 Å². The topological polar surface area (TPSA) is 47.0 Å². The average molecular weight is 269 g/mol. The van der Waals surface area contributed by atoms with E-state index < -0.39 is 0 Å². The molecule has 1 N–H and O–H groups in total. The lowest BCUT2D eigenvalue weighted by Gasteiger charge is -2.26. The van der Waals surface area contributed by atoms with E-state index in [0.29, 0.717) is 11.8 Å². The molecule has 1 heterocycles. The highest BCUT2D eigenvalue weighted by Crippen LogP contribution is 2.33. The minimum absolute atomic E-state index is 0.0956. The zero-order valence-electron chi connectivity index (χ0n) is 11.9. The molecule has 1 unspecified atom stereocenters. The predicted molar refractivity (Wildman–Crippen MR) is 79.1 cm³/mol. The van der Waals surface area contributed by atoms with Gasteiger partial charge in [0, 0.05) is 18.8 Å². The van der Waals surface area contributed by atoms with Crippen LogP contribution in [0.2, 0.25) is 0 Å². The Morgan fingerprint density at radius 2 is 2.15 bits per heavy atom. The van der Waals surface area contributed by atoms with Gasteiger partial charge in [-0.05, 0) is 37.3 Å². The number of anilines is 1. The molecule has 3 rings (SSSR count). The summed E-state index contributed by atoms with van der Waals surface area (Å²) in [5.41, 5.74) is 3.65. The molecule has 4 nitrogen and oxygen atoms in total. The number of rotatable bonds is 3. The van der Waals surface area contributed by atoms with Crippen LogP contribution in [0.4, 0.5) is 5.95 Å². The molecule has 0 aliphatic heterocycles. The molecular formula is C16H19N3O. The summed E-state index contributed by atoms with van der Waals surface area (Å²) in [6.45, 7) is 1.98. The maximum Gasteiger partial charge on any atom is 0.225 e. The van der Waals surface area contributed by atoms with Crippen molar-refractivity contribution in [2.45, 2.75) is 32.3 Å². The van der Waals surface area contributed by atoms with Crippen LogP contribution in [0.25, 0.3) is 0 Å². The molecule has 0 radical (unpaired) electrons. The normalized spacial score (nSPS) is 17.4. The predicted octanol–water partition coefficient (Wildman–Crippen LogP) is 3.28. The van der Waals surface area contributed by atoms with Gasteiger partial charge in [0.1, 0.15) is 6.10 Å². The molecule has 1 aromatic heterocycles. The van der Waals surface area contributed by atoms with Crippen LogP contribution in [0, 0.1) is 6.92 Å². The molecule has 0 saturated carbocycles. The SMILES string of the molecule is CNc1ncc(C)c(OC2CCCc3ccccc32)n1. The van der Waals surface area contributed by atoms with E-state index in [1.807, 2.05) is 14.0 Å². The van der Waals surface area contributed by atoms with Crippen molar-refractivity contribution in [3.05, 3.63) is 47.2 Å². The van der Waals surface area contributed by atoms with Crippen LogP contribution in [-0.2, 0) is 6.42 Å². The molecular weight excluding hydrogens is 250 g/mol. The molecule has 4 heteroatoms. The Morgan fingerprint density at radius 3 is 3.00 bits per heavy atom. The van der Waals surface area contributed by atoms with Gasteiger partial charge in [-0.15, -0.1) is 0 Å². The van der Waals surface area contributed by atoms with Gasteiger partial charge in [-0.25, -0.2) is 4.98 Å². The Labute approximate surface area is 119 Å². The first kappa shape index (κ1) is 12.9. The van der Waals surface area contributed by atoms with E-state index in [1.165, 1.54) is 11.1 Å².